The highest BCUT2D eigenvalue weighted by atomic mass is 32.2. The van der Waals surface area contributed by atoms with Gasteiger partial charge in [0, 0.05) is 12.3 Å². The monoisotopic (exact) mass is 389 g/mol. The molecule has 7 nitrogen and oxygen atoms in total. The summed E-state index contributed by atoms with van der Waals surface area (Å²) in [5, 5.41) is 12.5. The van der Waals surface area contributed by atoms with Gasteiger partial charge in [-0.3, -0.25) is 0 Å². The van der Waals surface area contributed by atoms with E-state index in [1.54, 1.807) is 35.0 Å². The van der Waals surface area contributed by atoms with Crippen LogP contribution in [0.5, 0.6) is 0 Å². The van der Waals surface area contributed by atoms with Crippen LogP contribution < -0.4 is 4.72 Å². The Morgan fingerprint density at radius 2 is 1.85 bits per heavy atom. The summed E-state index contributed by atoms with van der Waals surface area (Å²) in [6.45, 7) is 4.34. The van der Waals surface area contributed by atoms with E-state index in [0.717, 1.165) is 16.8 Å². The van der Waals surface area contributed by atoms with Crippen molar-refractivity contribution in [2.24, 2.45) is 0 Å². The first-order valence-electron chi connectivity index (χ1n) is 8.01. The lowest BCUT2D eigenvalue weighted by Crippen LogP contribution is -2.26. The fourth-order valence-corrected chi connectivity index (χ4v) is 4.31. The Morgan fingerprint density at radius 3 is 2.62 bits per heavy atom. The molecule has 0 aliphatic carbocycles. The molecule has 1 aromatic heterocycles. The third-order valence-corrected chi connectivity index (χ3v) is 6.32. The van der Waals surface area contributed by atoms with Gasteiger partial charge in [0.1, 0.15) is 0 Å². The van der Waals surface area contributed by atoms with E-state index in [1.165, 1.54) is 11.8 Å². The van der Waals surface area contributed by atoms with Crippen LogP contribution in [0.15, 0.2) is 58.6 Å². The van der Waals surface area contributed by atoms with Crippen LogP contribution in [-0.4, -0.2) is 40.9 Å². The number of rotatable bonds is 7. The first kappa shape index (κ1) is 18.6. The van der Waals surface area contributed by atoms with Crippen molar-refractivity contribution in [1.82, 2.24) is 24.9 Å². The van der Waals surface area contributed by atoms with Crippen LogP contribution in [0.4, 0.5) is 0 Å². The topological polar surface area (TPSA) is 89.8 Å². The lowest BCUT2D eigenvalue weighted by molar-refractivity contribution is 0.584. The van der Waals surface area contributed by atoms with Gasteiger partial charge in [0.15, 0.2) is 0 Å². The van der Waals surface area contributed by atoms with E-state index in [1.807, 2.05) is 32.0 Å². The SMILES string of the molecule is Cc1cccc(-n2nnnc2SCCNS(=O)(=O)c2ccccc2)c1C. The van der Waals surface area contributed by atoms with Crippen molar-refractivity contribution in [3.8, 4) is 5.69 Å². The van der Waals surface area contributed by atoms with Crippen LogP contribution in [0, 0.1) is 13.8 Å². The molecular formula is C17H19N5O2S2. The van der Waals surface area contributed by atoms with Crippen molar-refractivity contribution in [2.45, 2.75) is 23.9 Å². The Bertz CT molecular complexity index is 987. The number of hydrogen-bond donors (Lipinski definition) is 1. The van der Waals surface area contributed by atoms with Gasteiger partial charge in [0.25, 0.3) is 0 Å². The Labute approximate surface area is 156 Å². The molecule has 136 valence electrons. The highest BCUT2D eigenvalue weighted by Crippen LogP contribution is 2.22. The number of nitrogens with one attached hydrogen (secondary N) is 1. The summed E-state index contributed by atoms with van der Waals surface area (Å²) < 4.78 is 28.7. The first-order chi connectivity index (χ1) is 12.5. The average Bonchev–Trinajstić information content (AvgIpc) is 3.10. The molecule has 0 unspecified atom stereocenters. The largest absolute Gasteiger partial charge is 0.240 e. The van der Waals surface area contributed by atoms with E-state index in [9.17, 15) is 8.42 Å². The fourth-order valence-electron chi connectivity index (χ4n) is 2.39. The Hall–Kier alpha value is -2.23. The lowest BCUT2D eigenvalue weighted by atomic mass is 10.1. The van der Waals surface area contributed by atoms with Gasteiger partial charge >= 0.3 is 0 Å². The molecule has 0 fully saturated rings. The second-order valence-electron chi connectivity index (χ2n) is 5.65. The van der Waals surface area contributed by atoms with Gasteiger partial charge in [0.05, 0.1) is 10.6 Å². The third-order valence-electron chi connectivity index (χ3n) is 3.92. The number of aryl methyl sites for hydroxylation is 1. The van der Waals surface area contributed by atoms with Crippen LogP contribution in [0.3, 0.4) is 0 Å². The summed E-state index contributed by atoms with van der Waals surface area (Å²) in [6.07, 6.45) is 0. The second kappa shape index (κ2) is 7.98. The molecule has 0 saturated carbocycles. The average molecular weight is 390 g/mol. The number of benzene rings is 2. The van der Waals surface area contributed by atoms with Gasteiger partial charge in [-0.25, -0.2) is 13.1 Å². The van der Waals surface area contributed by atoms with Crippen molar-refractivity contribution >= 4 is 21.8 Å². The second-order valence-corrected chi connectivity index (χ2v) is 8.48. The Balaban J connectivity index is 1.64. The van der Waals surface area contributed by atoms with Crippen molar-refractivity contribution in [1.29, 1.82) is 0 Å². The number of aromatic nitrogens is 4. The van der Waals surface area contributed by atoms with E-state index < -0.39 is 10.0 Å². The smallest absolute Gasteiger partial charge is 0.210 e. The van der Waals surface area contributed by atoms with Crippen LogP contribution in [0.1, 0.15) is 11.1 Å². The standard InChI is InChI=1S/C17H19N5O2S2/c1-13-7-6-10-16(14(13)2)22-17(19-20-21-22)25-12-11-18-26(23,24)15-8-4-3-5-9-15/h3-10,18H,11-12H2,1-2H3. The molecule has 2 aromatic carbocycles. The molecule has 0 aliphatic rings. The minimum atomic E-state index is -3.50. The molecule has 0 amide bonds. The number of thioether (sulfide) groups is 1. The fraction of sp³-hybridized carbons (Fsp3) is 0.235. The molecule has 0 bridgehead atoms. The summed E-state index contributed by atoms with van der Waals surface area (Å²) in [5.74, 6) is 0.511. The Kier molecular flexibility index (Phi) is 5.70. The molecule has 0 saturated heterocycles. The van der Waals surface area contributed by atoms with Gasteiger partial charge in [-0.15, -0.1) is 5.10 Å². The molecule has 3 aromatic rings. The Morgan fingerprint density at radius 1 is 1.08 bits per heavy atom. The molecule has 0 radical (unpaired) electrons. The molecule has 3 rings (SSSR count). The molecule has 1 N–H and O–H groups in total. The summed E-state index contributed by atoms with van der Waals surface area (Å²) in [7, 11) is -3.50. The van der Waals surface area contributed by atoms with E-state index in [2.05, 4.69) is 20.2 Å². The maximum Gasteiger partial charge on any atom is 0.240 e. The van der Waals surface area contributed by atoms with Gasteiger partial charge in [-0.2, -0.15) is 4.68 Å². The number of tetrazole rings is 1. The minimum Gasteiger partial charge on any atom is -0.210 e. The van der Waals surface area contributed by atoms with Crippen molar-refractivity contribution in [3.05, 3.63) is 59.7 Å². The predicted molar refractivity (Wildman–Crippen MR) is 101 cm³/mol. The summed E-state index contributed by atoms with van der Waals surface area (Å²) in [4.78, 5) is 0.255. The van der Waals surface area contributed by atoms with Crippen LogP contribution in [-0.2, 0) is 10.0 Å². The maximum atomic E-state index is 12.2. The van der Waals surface area contributed by atoms with Crippen LogP contribution in [0.25, 0.3) is 5.69 Å². The van der Waals surface area contributed by atoms with Gasteiger partial charge in [-0.05, 0) is 53.6 Å². The highest BCUT2D eigenvalue weighted by molar-refractivity contribution is 7.99. The first-order valence-corrected chi connectivity index (χ1v) is 10.5. The maximum absolute atomic E-state index is 12.2. The summed E-state index contributed by atoms with van der Waals surface area (Å²) in [5.41, 5.74) is 3.18. The van der Waals surface area contributed by atoms with Crippen LogP contribution >= 0.6 is 11.8 Å². The molecule has 26 heavy (non-hydrogen) atoms. The van der Waals surface area contributed by atoms with Gasteiger partial charge < -0.3 is 0 Å². The van der Waals surface area contributed by atoms with E-state index in [0.29, 0.717) is 10.9 Å². The number of hydrogen-bond acceptors (Lipinski definition) is 6. The predicted octanol–water partition coefficient (Wildman–Crippen LogP) is 2.35. The molecule has 0 atom stereocenters. The van der Waals surface area contributed by atoms with Gasteiger partial charge in [-0.1, -0.05) is 42.1 Å². The third kappa shape index (κ3) is 4.12. The zero-order valence-corrected chi connectivity index (χ0v) is 16.1. The molecule has 0 aliphatic heterocycles. The quantitative estimate of drug-likeness (QED) is 0.493. The van der Waals surface area contributed by atoms with Crippen LogP contribution in [0.2, 0.25) is 0 Å². The van der Waals surface area contributed by atoms with E-state index in [-0.39, 0.29) is 11.4 Å². The highest BCUT2D eigenvalue weighted by Gasteiger charge is 2.14. The zero-order valence-electron chi connectivity index (χ0n) is 14.5. The minimum absolute atomic E-state index is 0.255. The molecular weight excluding hydrogens is 370 g/mol. The van der Waals surface area contributed by atoms with Crippen molar-refractivity contribution in [3.63, 3.8) is 0 Å². The van der Waals surface area contributed by atoms with Gasteiger partial charge in [0.2, 0.25) is 15.2 Å². The van der Waals surface area contributed by atoms with E-state index in [4.69, 9.17) is 0 Å². The lowest BCUT2D eigenvalue weighted by Gasteiger charge is -2.10. The normalized spacial score (nSPS) is 11.6. The molecule has 0 spiro atoms. The molecule has 1 heterocycles. The van der Waals surface area contributed by atoms with Crippen molar-refractivity contribution in [2.75, 3.05) is 12.3 Å². The summed E-state index contributed by atoms with van der Waals surface area (Å²) >= 11 is 1.40. The zero-order chi connectivity index (χ0) is 18.6. The summed E-state index contributed by atoms with van der Waals surface area (Å²) in [6, 6.07) is 14.3. The van der Waals surface area contributed by atoms with E-state index >= 15 is 0 Å². The number of sulfonamides is 1. The van der Waals surface area contributed by atoms with Crippen molar-refractivity contribution < 1.29 is 8.42 Å². The number of nitrogens with zero attached hydrogens (tertiary/aromatic N) is 4. The molecule has 9 heteroatoms.